The van der Waals surface area contributed by atoms with Crippen LogP contribution < -0.4 is 5.32 Å². The molecule has 1 atom stereocenters. The molecule has 5 heteroatoms. The Morgan fingerprint density at radius 1 is 1.23 bits per heavy atom. The molecule has 0 radical (unpaired) electrons. The van der Waals surface area contributed by atoms with Crippen molar-refractivity contribution in [1.82, 2.24) is 4.98 Å². The van der Waals surface area contributed by atoms with Gasteiger partial charge < -0.3 is 14.5 Å². The van der Waals surface area contributed by atoms with Crippen molar-refractivity contribution < 1.29 is 9.15 Å². The quantitative estimate of drug-likeness (QED) is 0.727. The molecule has 1 aromatic carbocycles. The van der Waals surface area contributed by atoms with E-state index in [9.17, 15) is 0 Å². The van der Waals surface area contributed by atoms with Crippen LogP contribution in [0.4, 0.5) is 5.13 Å². The third kappa shape index (κ3) is 3.37. The molecule has 4 nitrogen and oxygen atoms in total. The lowest BCUT2D eigenvalue weighted by molar-refractivity contribution is 0.178. The minimum Gasteiger partial charge on any atom is -0.464 e. The van der Waals surface area contributed by atoms with Gasteiger partial charge in [0.1, 0.15) is 17.6 Å². The van der Waals surface area contributed by atoms with Crippen LogP contribution in [0.15, 0.2) is 53.1 Å². The molecule has 0 aliphatic heterocycles. The minimum atomic E-state index is -0.0477. The Labute approximate surface area is 133 Å². The summed E-state index contributed by atoms with van der Waals surface area (Å²) in [5.41, 5.74) is 1.17. The summed E-state index contributed by atoms with van der Waals surface area (Å²) in [4.78, 5) is 5.59. The molecule has 0 spiro atoms. The van der Waals surface area contributed by atoms with Gasteiger partial charge in [-0.3, -0.25) is 0 Å². The molecule has 0 aliphatic carbocycles. The Kier molecular flexibility index (Phi) is 4.56. The highest BCUT2D eigenvalue weighted by Crippen LogP contribution is 2.31. The Hall–Kier alpha value is -2.11. The molecule has 2 aromatic heterocycles. The van der Waals surface area contributed by atoms with Crippen LogP contribution in [0.1, 0.15) is 17.6 Å². The summed E-state index contributed by atoms with van der Waals surface area (Å²) >= 11 is 1.62. The predicted molar refractivity (Wildman–Crippen MR) is 89.2 cm³/mol. The van der Waals surface area contributed by atoms with E-state index in [0.717, 1.165) is 21.5 Å². The maximum atomic E-state index is 5.70. The third-order valence-corrected chi connectivity index (χ3v) is 4.28. The van der Waals surface area contributed by atoms with Gasteiger partial charge in [-0.1, -0.05) is 41.7 Å². The summed E-state index contributed by atoms with van der Waals surface area (Å²) in [5.74, 6) is 1.75. The maximum absolute atomic E-state index is 5.70. The number of rotatable bonds is 6. The highest BCUT2D eigenvalue weighted by Gasteiger charge is 2.17. The van der Waals surface area contributed by atoms with Gasteiger partial charge in [0.15, 0.2) is 5.13 Å². The second-order valence-corrected chi connectivity index (χ2v) is 6.03. The lowest BCUT2D eigenvalue weighted by atomic mass is 10.2. The first kappa shape index (κ1) is 14.8. The average molecular weight is 314 g/mol. The van der Waals surface area contributed by atoms with E-state index in [4.69, 9.17) is 9.15 Å². The summed E-state index contributed by atoms with van der Waals surface area (Å²) < 4.78 is 11.0. The zero-order valence-electron chi connectivity index (χ0n) is 12.6. The first-order chi connectivity index (χ1) is 10.8. The molecule has 0 amide bonds. The molecule has 0 fully saturated rings. The lowest BCUT2D eigenvalue weighted by Gasteiger charge is -2.14. The van der Waals surface area contributed by atoms with Gasteiger partial charge in [-0.05, 0) is 24.6 Å². The van der Waals surface area contributed by atoms with Crippen molar-refractivity contribution in [3.8, 4) is 10.4 Å². The van der Waals surface area contributed by atoms with E-state index in [0.29, 0.717) is 6.61 Å². The first-order valence-corrected chi connectivity index (χ1v) is 7.91. The third-order valence-electron chi connectivity index (χ3n) is 3.30. The van der Waals surface area contributed by atoms with Crippen LogP contribution in [0.2, 0.25) is 0 Å². The van der Waals surface area contributed by atoms with Gasteiger partial charge in [-0.2, -0.15) is 0 Å². The SMILES string of the molecule is COCC(Nc1ncc(-c2ccccc2)s1)c1ccc(C)o1. The number of ether oxygens (including phenoxy) is 1. The van der Waals surface area contributed by atoms with Crippen molar-refractivity contribution in [2.24, 2.45) is 0 Å². The van der Waals surface area contributed by atoms with Gasteiger partial charge >= 0.3 is 0 Å². The van der Waals surface area contributed by atoms with E-state index in [1.54, 1.807) is 18.4 Å². The monoisotopic (exact) mass is 314 g/mol. The van der Waals surface area contributed by atoms with Crippen molar-refractivity contribution in [3.63, 3.8) is 0 Å². The molecule has 22 heavy (non-hydrogen) atoms. The van der Waals surface area contributed by atoms with E-state index in [-0.39, 0.29) is 6.04 Å². The van der Waals surface area contributed by atoms with E-state index in [1.165, 1.54) is 5.56 Å². The molecular weight excluding hydrogens is 296 g/mol. The average Bonchev–Trinajstić information content (AvgIpc) is 3.17. The van der Waals surface area contributed by atoms with Crippen molar-refractivity contribution >= 4 is 16.5 Å². The topological polar surface area (TPSA) is 47.3 Å². The molecule has 1 N–H and O–H groups in total. The normalized spacial score (nSPS) is 12.3. The first-order valence-electron chi connectivity index (χ1n) is 7.09. The fourth-order valence-electron chi connectivity index (χ4n) is 2.23. The van der Waals surface area contributed by atoms with Gasteiger partial charge in [-0.15, -0.1) is 0 Å². The van der Waals surface area contributed by atoms with Crippen LogP contribution >= 0.6 is 11.3 Å². The molecule has 3 rings (SSSR count). The summed E-state index contributed by atoms with van der Waals surface area (Å²) in [6.45, 7) is 2.46. The number of aromatic nitrogens is 1. The highest BCUT2D eigenvalue weighted by atomic mass is 32.1. The molecular formula is C17H18N2O2S. The fourth-order valence-corrected chi connectivity index (χ4v) is 3.10. The van der Waals surface area contributed by atoms with Gasteiger partial charge in [-0.25, -0.2) is 4.98 Å². The highest BCUT2D eigenvalue weighted by molar-refractivity contribution is 7.18. The van der Waals surface area contributed by atoms with E-state index < -0.39 is 0 Å². The van der Waals surface area contributed by atoms with Gasteiger partial charge in [0, 0.05) is 13.3 Å². The van der Waals surface area contributed by atoms with Crippen LogP contribution in [0.5, 0.6) is 0 Å². The number of nitrogens with zero attached hydrogens (tertiary/aromatic N) is 1. The fraction of sp³-hybridized carbons (Fsp3) is 0.235. The second kappa shape index (κ2) is 6.77. The molecule has 2 heterocycles. The van der Waals surface area contributed by atoms with Crippen molar-refractivity contribution in [2.45, 2.75) is 13.0 Å². The number of methoxy groups -OCH3 is 1. The number of aryl methyl sites for hydroxylation is 1. The number of hydrogen-bond acceptors (Lipinski definition) is 5. The molecule has 3 aromatic rings. The Morgan fingerprint density at radius 2 is 2.05 bits per heavy atom. The standard InChI is InChI=1S/C17H18N2O2S/c1-12-8-9-15(21-12)14(11-20-2)19-17-18-10-16(22-17)13-6-4-3-5-7-13/h3-10,14H,11H2,1-2H3,(H,18,19). The zero-order chi connectivity index (χ0) is 15.4. The van der Waals surface area contributed by atoms with Crippen molar-refractivity contribution in [2.75, 3.05) is 19.0 Å². The van der Waals surface area contributed by atoms with Crippen LogP contribution in [-0.4, -0.2) is 18.7 Å². The number of nitrogens with one attached hydrogen (secondary N) is 1. The second-order valence-electron chi connectivity index (χ2n) is 5.00. The Morgan fingerprint density at radius 3 is 2.73 bits per heavy atom. The van der Waals surface area contributed by atoms with Crippen molar-refractivity contribution in [3.05, 3.63) is 60.2 Å². The minimum absolute atomic E-state index is 0.0477. The number of benzene rings is 1. The predicted octanol–water partition coefficient (Wildman–Crippen LogP) is 4.51. The summed E-state index contributed by atoms with van der Waals surface area (Å²) in [7, 11) is 1.68. The molecule has 1 unspecified atom stereocenters. The van der Waals surface area contributed by atoms with Crippen molar-refractivity contribution in [1.29, 1.82) is 0 Å². The zero-order valence-corrected chi connectivity index (χ0v) is 13.4. The maximum Gasteiger partial charge on any atom is 0.183 e. The molecule has 0 aliphatic rings. The molecule has 114 valence electrons. The van der Waals surface area contributed by atoms with Crippen LogP contribution in [-0.2, 0) is 4.74 Å². The van der Waals surface area contributed by atoms with Gasteiger partial charge in [0.05, 0.1) is 11.5 Å². The van der Waals surface area contributed by atoms with Crippen LogP contribution in [0.3, 0.4) is 0 Å². The number of hydrogen-bond donors (Lipinski definition) is 1. The summed E-state index contributed by atoms with van der Waals surface area (Å²) in [6, 6.07) is 14.1. The van der Waals surface area contributed by atoms with E-state index in [1.807, 2.05) is 43.5 Å². The number of thiazole rings is 1. The number of furan rings is 1. The van der Waals surface area contributed by atoms with Gasteiger partial charge in [0.2, 0.25) is 0 Å². The molecule has 0 saturated carbocycles. The van der Waals surface area contributed by atoms with E-state index >= 15 is 0 Å². The lowest BCUT2D eigenvalue weighted by Crippen LogP contribution is -2.15. The van der Waals surface area contributed by atoms with Crippen LogP contribution in [0.25, 0.3) is 10.4 Å². The van der Waals surface area contributed by atoms with Crippen LogP contribution in [0, 0.1) is 6.92 Å². The molecule has 0 bridgehead atoms. The van der Waals surface area contributed by atoms with Gasteiger partial charge in [0.25, 0.3) is 0 Å². The largest absolute Gasteiger partial charge is 0.464 e. The summed E-state index contributed by atoms with van der Waals surface area (Å²) in [6.07, 6.45) is 1.89. The smallest absolute Gasteiger partial charge is 0.183 e. The Bertz CT molecular complexity index is 721. The number of anilines is 1. The summed E-state index contributed by atoms with van der Waals surface area (Å²) in [5, 5.41) is 4.24. The molecule has 0 saturated heterocycles. The van der Waals surface area contributed by atoms with E-state index in [2.05, 4.69) is 22.4 Å². The Balaban J connectivity index is 1.77.